The molecule has 1 aromatic heterocycles. The van der Waals surface area contributed by atoms with E-state index in [2.05, 4.69) is 15.4 Å². The quantitative estimate of drug-likeness (QED) is 0.901. The Kier molecular flexibility index (Phi) is 4.62. The summed E-state index contributed by atoms with van der Waals surface area (Å²) in [4.78, 5) is 15.6. The normalized spacial score (nSPS) is 16.3. The number of carbonyl (C=O) groups is 1. The molecular formula is C17H23N5O2. The zero-order valence-corrected chi connectivity index (χ0v) is 14.1. The topological polar surface area (TPSA) is 84.1 Å². The summed E-state index contributed by atoms with van der Waals surface area (Å²) in [5.41, 5.74) is 0.849. The van der Waals surface area contributed by atoms with Gasteiger partial charge >= 0.3 is 0 Å². The van der Waals surface area contributed by atoms with E-state index < -0.39 is 5.60 Å². The minimum atomic E-state index is -0.587. The second kappa shape index (κ2) is 6.68. The molecule has 0 saturated heterocycles. The van der Waals surface area contributed by atoms with E-state index in [0.29, 0.717) is 24.4 Å². The highest BCUT2D eigenvalue weighted by atomic mass is 16.3. The molecular weight excluding hydrogens is 306 g/mol. The minimum absolute atomic E-state index is 0.0461. The first-order valence-corrected chi connectivity index (χ1v) is 8.29. The Hall–Kier alpha value is -2.28. The molecule has 1 aliphatic rings. The molecule has 0 radical (unpaired) electrons. The van der Waals surface area contributed by atoms with E-state index in [4.69, 9.17) is 0 Å². The van der Waals surface area contributed by atoms with Crippen LogP contribution >= 0.6 is 0 Å². The Balaban J connectivity index is 1.61. The van der Waals surface area contributed by atoms with Gasteiger partial charge in [-0.05, 0) is 36.6 Å². The number of rotatable bonds is 5. The highest BCUT2D eigenvalue weighted by Crippen LogP contribution is 2.32. The van der Waals surface area contributed by atoms with Crippen LogP contribution in [0.3, 0.4) is 0 Å². The van der Waals surface area contributed by atoms with Gasteiger partial charge in [-0.2, -0.15) is 4.80 Å². The molecule has 0 bridgehead atoms. The zero-order chi connectivity index (χ0) is 17.2. The predicted octanol–water partition coefficient (Wildman–Crippen LogP) is 1.64. The summed E-state index contributed by atoms with van der Waals surface area (Å²) in [7, 11) is 3.49. The Morgan fingerprint density at radius 3 is 2.54 bits per heavy atom. The van der Waals surface area contributed by atoms with Gasteiger partial charge in [-0.25, -0.2) is 0 Å². The third kappa shape index (κ3) is 3.62. The standard InChI is InChI=1S/C17H23N5O2/c1-21(12-11-17(24)9-3-4-10-17)16(23)14-7-5-13(6-8-14)15-18-20-22(2)19-15/h5-8,24H,3-4,9-12H2,1-2H3. The molecule has 1 aromatic carbocycles. The summed E-state index contributed by atoms with van der Waals surface area (Å²) in [5.74, 6) is 0.489. The van der Waals surface area contributed by atoms with Crippen LogP contribution in [0.25, 0.3) is 11.4 Å². The third-order valence-electron chi connectivity index (χ3n) is 4.69. The minimum Gasteiger partial charge on any atom is -0.390 e. The Bertz CT molecular complexity index is 704. The molecule has 1 saturated carbocycles. The van der Waals surface area contributed by atoms with Crippen LogP contribution in [0, 0.1) is 0 Å². The Labute approximate surface area is 141 Å². The van der Waals surface area contributed by atoms with E-state index in [9.17, 15) is 9.90 Å². The first-order valence-electron chi connectivity index (χ1n) is 8.29. The molecule has 3 rings (SSSR count). The molecule has 0 aliphatic heterocycles. The molecule has 1 fully saturated rings. The number of aliphatic hydroxyl groups is 1. The third-order valence-corrected chi connectivity index (χ3v) is 4.69. The lowest BCUT2D eigenvalue weighted by Crippen LogP contribution is -2.34. The summed E-state index contributed by atoms with van der Waals surface area (Å²) >= 11 is 0. The Morgan fingerprint density at radius 1 is 1.29 bits per heavy atom. The van der Waals surface area contributed by atoms with Gasteiger partial charge in [0.25, 0.3) is 5.91 Å². The first kappa shape index (κ1) is 16.6. The van der Waals surface area contributed by atoms with Crippen molar-refractivity contribution in [2.24, 2.45) is 7.05 Å². The number of amides is 1. The average molecular weight is 329 g/mol. The predicted molar refractivity (Wildman–Crippen MR) is 89.2 cm³/mol. The number of carbonyl (C=O) groups excluding carboxylic acids is 1. The maximum absolute atomic E-state index is 12.5. The smallest absolute Gasteiger partial charge is 0.253 e. The van der Waals surface area contributed by atoms with Crippen molar-refractivity contribution in [3.63, 3.8) is 0 Å². The van der Waals surface area contributed by atoms with Crippen LogP contribution in [0.5, 0.6) is 0 Å². The molecule has 0 spiro atoms. The fourth-order valence-corrected chi connectivity index (χ4v) is 3.14. The number of nitrogens with zero attached hydrogens (tertiary/aromatic N) is 5. The zero-order valence-electron chi connectivity index (χ0n) is 14.1. The lowest BCUT2D eigenvalue weighted by molar-refractivity contribution is 0.0296. The molecule has 7 nitrogen and oxygen atoms in total. The van der Waals surface area contributed by atoms with E-state index in [1.54, 1.807) is 31.1 Å². The molecule has 0 atom stereocenters. The number of tetrazole rings is 1. The van der Waals surface area contributed by atoms with E-state index in [-0.39, 0.29) is 5.91 Å². The summed E-state index contributed by atoms with van der Waals surface area (Å²) in [6.07, 6.45) is 4.47. The summed E-state index contributed by atoms with van der Waals surface area (Å²) in [6, 6.07) is 7.19. The largest absolute Gasteiger partial charge is 0.390 e. The highest BCUT2D eigenvalue weighted by molar-refractivity contribution is 5.94. The lowest BCUT2D eigenvalue weighted by Gasteiger charge is -2.25. The van der Waals surface area contributed by atoms with E-state index in [1.165, 1.54) is 4.80 Å². The fraction of sp³-hybridized carbons (Fsp3) is 0.529. The van der Waals surface area contributed by atoms with Crippen molar-refractivity contribution in [2.75, 3.05) is 13.6 Å². The number of hydrogen-bond donors (Lipinski definition) is 1. The molecule has 24 heavy (non-hydrogen) atoms. The van der Waals surface area contributed by atoms with Crippen LogP contribution in [0.1, 0.15) is 42.5 Å². The summed E-state index contributed by atoms with van der Waals surface area (Å²) in [5, 5.41) is 22.3. The summed E-state index contributed by atoms with van der Waals surface area (Å²) in [6.45, 7) is 0.558. The Morgan fingerprint density at radius 2 is 1.96 bits per heavy atom. The fourth-order valence-electron chi connectivity index (χ4n) is 3.14. The molecule has 1 N–H and O–H groups in total. The second-order valence-corrected chi connectivity index (χ2v) is 6.59. The van der Waals surface area contributed by atoms with Crippen molar-refractivity contribution in [3.8, 4) is 11.4 Å². The van der Waals surface area contributed by atoms with Crippen molar-refractivity contribution in [1.29, 1.82) is 0 Å². The van der Waals surface area contributed by atoms with Crippen molar-refractivity contribution >= 4 is 5.91 Å². The van der Waals surface area contributed by atoms with Gasteiger partial charge in [0, 0.05) is 24.7 Å². The monoisotopic (exact) mass is 329 g/mol. The van der Waals surface area contributed by atoms with Crippen LogP contribution in [0.4, 0.5) is 0 Å². The average Bonchev–Trinajstić information content (AvgIpc) is 3.21. The van der Waals surface area contributed by atoms with Crippen molar-refractivity contribution in [2.45, 2.75) is 37.7 Å². The number of aromatic nitrogens is 4. The molecule has 128 valence electrons. The maximum atomic E-state index is 12.5. The number of benzene rings is 1. The van der Waals surface area contributed by atoms with Crippen LogP contribution in [0.15, 0.2) is 24.3 Å². The van der Waals surface area contributed by atoms with Gasteiger partial charge in [-0.3, -0.25) is 4.79 Å². The van der Waals surface area contributed by atoms with Gasteiger partial charge in [-0.15, -0.1) is 10.2 Å². The number of hydrogen-bond acceptors (Lipinski definition) is 5. The molecule has 1 heterocycles. The number of aryl methyl sites for hydroxylation is 1. The van der Waals surface area contributed by atoms with Gasteiger partial charge in [0.1, 0.15) is 0 Å². The van der Waals surface area contributed by atoms with Gasteiger partial charge < -0.3 is 10.0 Å². The van der Waals surface area contributed by atoms with E-state index >= 15 is 0 Å². The van der Waals surface area contributed by atoms with E-state index in [0.717, 1.165) is 31.2 Å². The molecule has 1 aliphatic carbocycles. The van der Waals surface area contributed by atoms with Crippen molar-refractivity contribution in [3.05, 3.63) is 29.8 Å². The van der Waals surface area contributed by atoms with Gasteiger partial charge in [0.2, 0.25) is 5.82 Å². The van der Waals surface area contributed by atoms with Crippen LogP contribution in [-0.2, 0) is 7.05 Å². The highest BCUT2D eigenvalue weighted by Gasteiger charge is 2.31. The van der Waals surface area contributed by atoms with Gasteiger partial charge in [-0.1, -0.05) is 25.0 Å². The van der Waals surface area contributed by atoms with Crippen molar-refractivity contribution < 1.29 is 9.90 Å². The SMILES string of the molecule is CN(CCC1(O)CCCC1)C(=O)c1ccc(-c2nnn(C)n2)cc1. The van der Waals surface area contributed by atoms with E-state index in [1.807, 2.05) is 12.1 Å². The molecule has 0 unspecified atom stereocenters. The van der Waals surface area contributed by atoms with Crippen molar-refractivity contribution in [1.82, 2.24) is 25.1 Å². The van der Waals surface area contributed by atoms with Gasteiger partial charge in [0.15, 0.2) is 0 Å². The molecule has 1 amide bonds. The summed E-state index contributed by atoms with van der Waals surface area (Å²) < 4.78 is 0. The first-order chi connectivity index (χ1) is 11.5. The molecule has 7 heteroatoms. The van der Waals surface area contributed by atoms with Crippen LogP contribution < -0.4 is 0 Å². The van der Waals surface area contributed by atoms with Crippen LogP contribution in [0.2, 0.25) is 0 Å². The van der Waals surface area contributed by atoms with Gasteiger partial charge in [0.05, 0.1) is 12.6 Å². The molecule has 2 aromatic rings. The second-order valence-electron chi connectivity index (χ2n) is 6.59. The lowest BCUT2D eigenvalue weighted by atomic mass is 9.98. The van der Waals surface area contributed by atoms with Crippen LogP contribution in [-0.4, -0.2) is 55.3 Å². The maximum Gasteiger partial charge on any atom is 0.253 e.